The Labute approximate surface area is 147 Å². The molecule has 3 aromatic rings. The predicted octanol–water partition coefficient (Wildman–Crippen LogP) is 4.62. The number of nitrogens with one attached hydrogen (secondary N) is 2. The van der Waals surface area contributed by atoms with Gasteiger partial charge < -0.3 is 15.4 Å². The van der Waals surface area contributed by atoms with E-state index in [4.69, 9.17) is 4.74 Å². The van der Waals surface area contributed by atoms with Crippen molar-refractivity contribution in [3.05, 3.63) is 84.4 Å². The number of ether oxygens (including phenoxy) is 1. The van der Waals surface area contributed by atoms with Crippen LogP contribution in [0.4, 0.5) is 17.1 Å². The Bertz CT molecular complexity index is 830. The van der Waals surface area contributed by atoms with E-state index >= 15 is 0 Å². The third kappa shape index (κ3) is 4.61. The lowest BCUT2D eigenvalue weighted by molar-refractivity contribution is -0.115. The summed E-state index contributed by atoms with van der Waals surface area (Å²) in [5.41, 5.74) is 3.52. The zero-order chi connectivity index (χ0) is 17.5. The molecule has 0 saturated carbocycles. The monoisotopic (exact) mass is 332 g/mol. The topological polar surface area (TPSA) is 50.4 Å². The molecule has 0 bridgehead atoms. The highest BCUT2D eigenvalue weighted by Crippen LogP contribution is 2.25. The van der Waals surface area contributed by atoms with Gasteiger partial charge in [-0.05, 0) is 42.0 Å². The van der Waals surface area contributed by atoms with Crippen LogP contribution in [0, 0.1) is 0 Å². The molecule has 0 fully saturated rings. The van der Waals surface area contributed by atoms with Gasteiger partial charge in [-0.2, -0.15) is 0 Å². The van der Waals surface area contributed by atoms with Gasteiger partial charge in [-0.15, -0.1) is 0 Å². The van der Waals surface area contributed by atoms with Gasteiger partial charge in [-0.1, -0.05) is 42.5 Å². The number of benzene rings is 3. The number of hydrogen-bond donors (Lipinski definition) is 2. The third-order valence-electron chi connectivity index (χ3n) is 3.78. The van der Waals surface area contributed by atoms with Gasteiger partial charge in [0.05, 0.1) is 24.9 Å². The maximum Gasteiger partial charge on any atom is 0.228 e. The van der Waals surface area contributed by atoms with Crippen molar-refractivity contribution in [1.29, 1.82) is 0 Å². The maximum atomic E-state index is 12.4. The fourth-order valence-corrected chi connectivity index (χ4v) is 2.50. The minimum atomic E-state index is -0.0625. The van der Waals surface area contributed by atoms with Gasteiger partial charge >= 0.3 is 0 Å². The number of methoxy groups -OCH3 is 1. The molecule has 0 radical (unpaired) electrons. The van der Waals surface area contributed by atoms with Crippen LogP contribution in [0.1, 0.15) is 5.56 Å². The number of para-hydroxylation sites is 3. The first-order valence-electron chi connectivity index (χ1n) is 8.08. The standard InChI is InChI=1S/C21H20N2O2/c1-25-18-13-11-16(12-14-18)15-21(24)23-20-10-6-5-9-19(20)22-17-7-3-2-4-8-17/h2-14,22H,15H2,1H3,(H,23,24). The van der Waals surface area contributed by atoms with Crippen molar-refractivity contribution in [2.24, 2.45) is 0 Å². The highest BCUT2D eigenvalue weighted by atomic mass is 16.5. The van der Waals surface area contributed by atoms with E-state index < -0.39 is 0 Å². The number of anilines is 3. The van der Waals surface area contributed by atoms with Crippen LogP contribution >= 0.6 is 0 Å². The lowest BCUT2D eigenvalue weighted by Crippen LogP contribution is -2.15. The molecule has 2 N–H and O–H groups in total. The Morgan fingerprint density at radius 2 is 1.48 bits per heavy atom. The van der Waals surface area contributed by atoms with Crippen molar-refractivity contribution in [3.8, 4) is 5.75 Å². The molecular weight excluding hydrogens is 312 g/mol. The van der Waals surface area contributed by atoms with Crippen LogP contribution in [0.25, 0.3) is 0 Å². The average molecular weight is 332 g/mol. The van der Waals surface area contributed by atoms with E-state index in [0.29, 0.717) is 6.42 Å². The Balaban J connectivity index is 1.68. The van der Waals surface area contributed by atoms with Gasteiger partial charge in [0, 0.05) is 5.69 Å². The molecule has 0 unspecified atom stereocenters. The molecule has 0 aliphatic heterocycles. The molecule has 4 nitrogen and oxygen atoms in total. The van der Waals surface area contributed by atoms with Crippen LogP contribution < -0.4 is 15.4 Å². The number of carbonyl (C=O) groups is 1. The van der Waals surface area contributed by atoms with Gasteiger partial charge in [0.2, 0.25) is 5.91 Å². The minimum Gasteiger partial charge on any atom is -0.497 e. The number of amides is 1. The normalized spacial score (nSPS) is 10.1. The second-order valence-electron chi connectivity index (χ2n) is 5.61. The molecule has 0 aromatic heterocycles. The lowest BCUT2D eigenvalue weighted by atomic mass is 10.1. The molecule has 0 spiro atoms. The van der Waals surface area contributed by atoms with Crippen LogP contribution in [0.5, 0.6) is 5.75 Å². The van der Waals surface area contributed by atoms with E-state index in [1.807, 2.05) is 78.9 Å². The van der Waals surface area contributed by atoms with Gasteiger partial charge in [-0.25, -0.2) is 0 Å². The summed E-state index contributed by atoms with van der Waals surface area (Å²) < 4.78 is 5.13. The zero-order valence-corrected chi connectivity index (χ0v) is 14.0. The summed E-state index contributed by atoms with van der Waals surface area (Å²) in [6.07, 6.45) is 0.309. The molecule has 0 aliphatic carbocycles. The summed E-state index contributed by atoms with van der Waals surface area (Å²) >= 11 is 0. The third-order valence-corrected chi connectivity index (χ3v) is 3.78. The number of hydrogen-bond acceptors (Lipinski definition) is 3. The highest BCUT2D eigenvalue weighted by Gasteiger charge is 2.08. The molecule has 126 valence electrons. The van der Waals surface area contributed by atoms with Crippen molar-refractivity contribution in [2.75, 3.05) is 17.7 Å². The summed E-state index contributed by atoms with van der Waals surface area (Å²) in [5.74, 6) is 0.717. The number of rotatable bonds is 6. The highest BCUT2D eigenvalue weighted by molar-refractivity contribution is 5.96. The van der Waals surface area contributed by atoms with Gasteiger partial charge in [0.15, 0.2) is 0 Å². The quantitative estimate of drug-likeness (QED) is 0.692. The minimum absolute atomic E-state index is 0.0625. The molecule has 0 aliphatic rings. The first kappa shape index (κ1) is 16.6. The molecule has 4 heteroatoms. The molecule has 1 amide bonds. The van der Waals surface area contributed by atoms with E-state index in [0.717, 1.165) is 28.4 Å². The maximum absolute atomic E-state index is 12.4. The largest absolute Gasteiger partial charge is 0.497 e. The van der Waals surface area contributed by atoms with E-state index in [-0.39, 0.29) is 5.91 Å². The molecule has 0 saturated heterocycles. The Morgan fingerprint density at radius 3 is 2.16 bits per heavy atom. The second-order valence-corrected chi connectivity index (χ2v) is 5.61. The van der Waals surface area contributed by atoms with Crippen LogP contribution in [0.2, 0.25) is 0 Å². The molecule has 0 heterocycles. The van der Waals surface area contributed by atoms with Crippen molar-refractivity contribution >= 4 is 23.0 Å². The molecule has 25 heavy (non-hydrogen) atoms. The molecule has 3 aromatic carbocycles. The Morgan fingerprint density at radius 1 is 0.840 bits per heavy atom. The summed E-state index contributed by atoms with van der Waals surface area (Å²) in [6.45, 7) is 0. The van der Waals surface area contributed by atoms with Crippen LogP contribution in [-0.2, 0) is 11.2 Å². The van der Waals surface area contributed by atoms with Crippen molar-refractivity contribution in [3.63, 3.8) is 0 Å². The van der Waals surface area contributed by atoms with Gasteiger partial charge in [0.1, 0.15) is 5.75 Å². The first-order valence-corrected chi connectivity index (χ1v) is 8.08. The second kappa shape index (κ2) is 8.02. The molecular formula is C21H20N2O2. The molecule has 3 rings (SSSR count). The number of carbonyl (C=O) groups excluding carboxylic acids is 1. The summed E-state index contributed by atoms with van der Waals surface area (Å²) in [6, 6.07) is 25.0. The van der Waals surface area contributed by atoms with E-state index in [1.54, 1.807) is 7.11 Å². The summed E-state index contributed by atoms with van der Waals surface area (Å²) in [7, 11) is 1.62. The van der Waals surface area contributed by atoms with Gasteiger partial charge in [0.25, 0.3) is 0 Å². The van der Waals surface area contributed by atoms with Crippen LogP contribution in [0.15, 0.2) is 78.9 Å². The molecule has 0 atom stereocenters. The zero-order valence-electron chi connectivity index (χ0n) is 14.0. The SMILES string of the molecule is COc1ccc(CC(=O)Nc2ccccc2Nc2ccccc2)cc1. The van der Waals surface area contributed by atoms with E-state index in [2.05, 4.69) is 10.6 Å². The van der Waals surface area contributed by atoms with Crippen molar-refractivity contribution in [1.82, 2.24) is 0 Å². The van der Waals surface area contributed by atoms with Crippen molar-refractivity contribution in [2.45, 2.75) is 6.42 Å². The summed E-state index contributed by atoms with van der Waals surface area (Å²) in [4.78, 5) is 12.4. The van der Waals surface area contributed by atoms with Gasteiger partial charge in [-0.3, -0.25) is 4.79 Å². The van der Waals surface area contributed by atoms with E-state index in [9.17, 15) is 4.79 Å². The van der Waals surface area contributed by atoms with Crippen LogP contribution in [0.3, 0.4) is 0 Å². The average Bonchev–Trinajstić information content (AvgIpc) is 2.65. The van der Waals surface area contributed by atoms with Crippen LogP contribution in [-0.4, -0.2) is 13.0 Å². The summed E-state index contributed by atoms with van der Waals surface area (Å²) in [5, 5.41) is 6.30. The van der Waals surface area contributed by atoms with E-state index in [1.165, 1.54) is 0 Å². The Hall–Kier alpha value is -3.27. The smallest absolute Gasteiger partial charge is 0.228 e. The fraction of sp³-hybridized carbons (Fsp3) is 0.0952. The lowest BCUT2D eigenvalue weighted by Gasteiger charge is -2.13. The Kier molecular flexibility index (Phi) is 5.32. The first-order chi connectivity index (χ1) is 12.2. The fourth-order valence-electron chi connectivity index (χ4n) is 2.50. The van der Waals surface area contributed by atoms with Crippen molar-refractivity contribution < 1.29 is 9.53 Å². The predicted molar refractivity (Wildman–Crippen MR) is 101 cm³/mol.